The zero-order valence-corrected chi connectivity index (χ0v) is 11.9. The van der Waals surface area contributed by atoms with Crippen LogP contribution in [0.2, 0.25) is 0 Å². The number of rotatable bonds is 4. The Hall–Kier alpha value is -0.0800. The highest BCUT2D eigenvalue weighted by molar-refractivity contribution is 4.88. The summed E-state index contributed by atoms with van der Waals surface area (Å²) in [6.07, 6.45) is 9.87. The lowest BCUT2D eigenvalue weighted by Gasteiger charge is -2.41. The molecule has 3 rings (SSSR count). The lowest BCUT2D eigenvalue weighted by atomic mass is 9.67. The minimum absolute atomic E-state index is 0.875. The van der Waals surface area contributed by atoms with Gasteiger partial charge in [0.05, 0.1) is 0 Å². The molecule has 0 aromatic carbocycles. The Morgan fingerprint density at radius 3 is 2.50 bits per heavy atom. The van der Waals surface area contributed by atoms with Gasteiger partial charge in [-0.1, -0.05) is 13.3 Å². The van der Waals surface area contributed by atoms with Crippen molar-refractivity contribution in [3.8, 4) is 0 Å². The van der Waals surface area contributed by atoms with Crippen molar-refractivity contribution in [3.05, 3.63) is 0 Å². The maximum atomic E-state index is 5.55. The topological polar surface area (TPSA) is 21.3 Å². The number of hydrogen-bond donors (Lipinski definition) is 1. The second kappa shape index (κ2) is 5.92. The predicted octanol–water partition coefficient (Wildman–Crippen LogP) is 3.22. The highest BCUT2D eigenvalue weighted by atomic mass is 16.5. The minimum atomic E-state index is 0.875. The molecular weight excluding hydrogens is 222 g/mol. The van der Waals surface area contributed by atoms with Crippen LogP contribution < -0.4 is 5.32 Å². The molecule has 0 aromatic heterocycles. The van der Waals surface area contributed by atoms with E-state index in [1.165, 1.54) is 51.5 Å². The van der Waals surface area contributed by atoms with Crippen LogP contribution in [0.3, 0.4) is 0 Å². The second-order valence-electron chi connectivity index (χ2n) is 6.97. The van der Waals surface area contributed by atoms with Crippen LogP contribution in [-0.4, -0.2) is 25.8 Å². The van der Waals surface area contributed by atoms with Gasteiger partial charge in [-0.15, -0.1) is 0 Å². The molecule has 3 fully saturated rings. The van der Waals surface area contributed by atoms with Gasteiger partial charge in [0, 0.05) is 19.3 Å². The largest absolute Gasteiger partial charge is 0.381 e. The predicted molar refractivity (Wildman–Crippen MR) is 74.6 cm³/mol. The molecule has 0 bridgehead atoms. The summed E-state index contributed by atoms with van der Waals surface area (Å²) in [5.74, 6) is 3.83. The molecule has 3 aliphatic rings. The van der Waals surface area contributed by atoms with E-state index in [1.807, 2.05) is 0 Å². The van der Waals surface area contributed by atoms with Gasteiger partial charge in [0.2, 0.25) is 0 Å². The first kappa shape index (κ1) is 12.9. The average Bonchev–Trinajstić information content (AvgIpc) is 3.22. The highest BCUT2D eigenvalue weighted by Gasteiger charge is 2.35. The van der Waals surface area contributed by atoms with Crippen molar-refractivity contribution in [1.29, 1.82) is 0 Å². The van der Waals surface area contributed by atoms with E-state index >= 15 is 0 Å². The Kier molecular flexibility index (Phi) is 4.25. The van der Waals surface area contributed by atoms with Gasteiger partial charge >= 0.3 is 0 Å². The summed E-state index contributed by atoms with van der Waals surface area (Å²) >= 11 is 0. The zero-order valence-electron chi connectivity index (χ0n) is 11.9. The van der Waals surface area contributed by atoms with Gasteiger partial charge in [0.1, 0.15) is 0 Å². The van der Waals surface area contributed by atoms with Crippen molar-refractivity contribution in [3.63, 3.8) is 0 Å². The molecule has 0 spiro atoms. The quantitative estimate of drug-likeness (QED) is 0.828. The van der Waals surface area contributed by atoms with Crippen LogP contribution >= 0.6 is 0 Å². The van der Waals surface area contributed by atoms with Crippen LogP contribution in [0.25, 0.3) is 0 Å². The van der Waals surface area contributed by atoms with E-state index in [9.17, 15) is 0 Å². The first-order valence-electron chi connectivity index (χ1n) is 8.14. The van der Waals surface area contributed by atoms with Crippen molar-refractivity contribution >= 4 is 0 Å². The summed E-state index contributed by atoms with van der Waals surface area (Å²) in [4.78, 5) is 0. The summed E-state index contributed by atoms with van der Waals surface area (Å²) in [5, 5.41) is 3.78. The molecule has 0 amide bonds. The average molecular weight is 251 g/mol. The van der Waals surface area contributed by atoms with Gasteiger partial charge in [-0.3, -0.25) is 0 Å². The first-order chi connectivity index (χ1) is 8.83. The fourth-order valence-electron chi connectivity index (χ4n) is 4.07. The van der Waals surface area contributed by atoms with Gasteiger partial charge in [-0.2, -0.15) is 0 Å². The smallest absolute Gasteiger partial charge is 0.0468 e. The van der Waals surface area contributed by atoms with Crippen LogP contribution in [0.15, 0.2) is 0 Å². The van der Waals surface area contributed by atoms with Crippen LogP contribution in [0.4, 0.5) is 0 Å². The molecule has 0 radical (unpaired) electrons. The third-order valence-corrected chi connectivity index (χ3v) is 5.43. The highest BCUT2D eigenvalue weighted by Crippen LogP contribution is 2.41. The van der Waals surface area contributed by atoms with Crippen LogP contribution in [0.5, 0.6) is 0 Å². The molecule has 1 heterocycles. The van der Waals surface area contributed by atoms with Crippen LogP contribution in [0, 0.1) is 23.7 Å². The Morgan fingerprint density at radius 1 is 1.00 bits per heavy atom. The van der Waals surface area contributed by atoms with Crippen LogP contribution in [-0.2, 0) is 4.74 Å². The van der Waals surface area contributed by atoms with E-state index in [2.05, 4.69) is 12.2 Å². The molecule has 0 aromatic rings. The maximum Gasteiger partial charge on any atom is 0.0468 e. The van der Waals surface area contributed by atoms with Crippen molar-refractivity contribution in [1.82, 2.24) is 5.32 Å². The van der Waals surface area contributed by atoms with E-state index in [4.69, 9.17) is 4.74 Å². The van der Waals surface area contributed by atoms with Gasteiger partial charge in [0.15, 0.2) is 0 Å². The Bertz CT molecular complexity index is 258. The molecule has 1 aliphatic heterocycles. The minimum Gasteiger partial charge on any atom is -0.381 e. The second-order valence-corrected chi connectivity index (χ2v) is 6.97. The molecule has 18 heavy (non-hydrogen) atoms. The molecule has 3 atom stereocenters. The molecule has 2 heteroatoms. The first-order valence-corrected chi connectivity index (χ1v) is 8.14. The van der Waals surface area contributed by atoms with Gasteiger partial charge in [0.25, 0.3) is 0 Å². The molecule has 2 nitrogen and oxygen atoms in total. The molecule has 2 aliphatic carbocycles. The Labute approximate surface area is 112 Å². The molecule has 2 saturated carbocycles. The summed E-state index contributed by atoms with van der Waals surface area (Å²) < 4.78 is 5.55. The van der Waals surface area contributed by atoms with Gasteiger partial charge in [-0.05, 0) is 68.7 Å². The van der Waals surface area contributed by atoms with Gasteiger partial charge in [-0.25, -0.2) is 0 Å². The van der Waals surface area contributed by atoms with Gasteiger partial charge < -0.3 is 10.1 Å². The molecule has 104 valence electrons. The third kappa shape index (κ3) is 3.27. The lowest BCUT2D eigenvalue weighted by molar-refractivity contribution is 0.0158. The summed E-state index contributed by atoms with van der Waals surface area (Å²) in [6, 6.07) is 0.875. The molecule has 1 N–H and O–H groups in total. The zero-order chi connectivity index (χ0) is 12.4. The summed E-state index contributed by atoms with van der Waals surface area (Å²) in [7, 11) is 0. The van der Waals surface area contributed by atoms with E-state index in [0.717, 1.165) is 42.9 Å². The number of hydrogen-bond acceptors (Lipinski definition) is 2. The Balaban J connectivity index is 1.56. The van der Waals surface area contributed by atoms with E-state index in [1.54, 1.807) is 0 Å². The summed E-state index contributed by atoms with van der Waals surface area (Å²) in [5.41, 5.74) is 0. The SMILES string of the molecule is CC1CCC(CNC2CC2)C(C2CCOCC2)C1. The van der Waals surface area contributed by atoms with Crippen LogP contribution in [0.1, 0.15) is 51.9 Å². The summed E-state index contributed by atoms with van der Waals surface area (Å²) in [6.45, 7) is 5.77. The van der Waals surface area contributed by atoms with Crippen molar-refractivity contribution in [2.24, 2.45) is 23.7 Å². The van der Waals surface area contributed by atoms with E-state index in [0.29, 0.717) is 0 Å². The Morgan fingerprint density at radius 2 is 1.78 bits per heavy atom. The monoisotopic (exact) mass is 251 g/mol. The van der Waals surface area contributed by atoms with E-state index in [-0.39, 0.29) is 0 Å². The van der Waals surface area contributed by atoms with E-state index < -0.39 is 0 Å². The number of ether oxygens (including phenoxy) is 1. The van der Waals surface area contributed by atoms with Crippen molar-refractivity contribution in [2.45, 2.75) is 57.9 Å². The lowest BCUT2D eigenvalue weighted by Crippen LogP contribution is -2.38. The molecular formula is C16H29NO. The van der Waals surface area contributed by atoms with Crippen molar-refractivity contribution in [2.75, 3.05) is 19.8 Å². The normalized spacial score (nSPS) is 38.8. The fraction of sp³-hybridized carbons (Fsp3) is 1.00. The standard InChI is InChI=1S/C16H29NO/c1-12-2-3-14(11-17-15-4-5-15)16(10-12)13-6-8-18-9-7-13/h12-17H,2-11H2,1H3. The molecule has 3 unspecified atom stereocenters. The fourth-order valence-corrected chi connectivity index (χ4v) is 4.07. The molecule has 1 saturated heterocycles. The number of nitrogens with one attached hydrogen (secondary N) is 1. The third-order valence-electron chi connectivity index (χ3n) is 5.43. The maximum absolute atomic E-state index is 5.55. The van der Waals surface area contributed by atoms with Crippen molar-refractivity contribution < 1.29 is 4.74 Å².